The highest BCUT2D eigenvalue weighted by Gasteiger charge is 2.36. The lowest BCUT2D eigenvalue weighted by Crippen LogP contribution is -2.48. The largest absolute Gasteiger partial charge is 0.314 e. The number of halogens is 3. The van der Waals surface area contributed by atoms with E-state index in [0.717, 1.165) is 51.5 Å². The molecule has 2 nitrogen and oxygen atoms in total. The summed E-state index contributed by atoms with van der Waals surface area (Å²) in [6.45, 7) is 3.35. The smallest absolute Gasteiger partial charge is 0.194 e. The molecular formula is C15H19F3N2. The van der Waals surface area contributed by atoms with E-state index in [1.165, 1.54) is 6.07 Å². The number of piperazine rings is 1. The summed E-state index contributed by atoms with van der Waals surface area (Å²) < 4.78 is 40.8. The lowest BCUT2D eigenvalue weighted by atomic mass is 9.76. The van der Waals surface area contributed by atoms with E-state index in [0.29, 0.717) is 11.5 Å². The fourth-order valence-electron chi connectivity index (χ4n) is 3.23. The Hall–Kier alpha value is -1.07. The predicted octanol–water partition coefficient (Wildman–Crippen LogP) is 2.85. The Bertz CT molecular complexity index is 482. The third kappa shape index (κ3) is 2.44. The first-order chi connectivity index (χ1) is 9.68. The molecule has 0 radical (unpaired) electrons. The zero-order valence-electron chi connectivity index (χ0n) is 11.3. The molecule has 2 aliphatic rings. The van der Waals surface area contributed by atoms with Crippen LogP contribution in [-0.4, -0.2) is 31.1 Å². The van der Waals surface area contributed by atoms with Crippen molar-refractivity contribution in [3.8, 4) is 0 Å². The van der Waals surface area contributed by atoms with Crippen LogP contribution >= 0.6 is 0 Å². The summed E-state index contributed by atoms with van der Waals surface area (Å²) in [5, 5.41) is 3.26. The molecule has 1 saturated carbocycles. The van der Waals surface area contributed by atoms with Gasteiger partial charge in [-0.2, -0.15) is 0 Å². The standard InChI is InChI=1S/C15H19F3N2/c16-12-5-4-11(13(17)14(12)18)15(10-2-1-3-10)20-8-6-19-7-9-20/h4-5,10,15,19H,1-3,6-9H2/t15-/m1/s1. The van der Waals surface area contributed by atoms with E-state index in [9.17, 15) is 13.2 Å². The molecule has 0 amide bonds. The molecule has 110 valence electrons. The number of rotatable bonds is 3. The third-order valence-electron chi connectivity index (χ3n) is 4.53. The molecule has 0 aromatic heterocycles. The zero-order chi connectivity index (χ0) is 14.1. The maximum Gasteiger partial charge on any atom is 0.194 e. The molecule has 1 aromatic rings. The van der Waals surface area contributed by atoms with Gasteiger partial charge in [0.25, 0.3) is 0 Å². The highest BCUT2D eigenvalue weighted by atomic mass is 19.2. The monoisotopic (exact) mass is 284 g/mol. The molecule has 1 aliphatic heterocycles. The van der Waals surface area contributed by atoms with Crippen molar-refractivity contribution in [2.24, 2.45) is 5.92 Å². The molecule has 5 heteroatoms. The Morgan fingerprint density at radius 3 is 2.35 bits per heavy atom. The Labute approximate surface area is 117 Å². The van der Waals surface area contributed by atoms with Gasteiger partial charge in [0.15, 0.2) is 17.5 Å². The van der Waals surface area contributed by atoms with E-state index in [1.54, 1.807) is 0 Å². The summed E-state index contributed by atoms with van der Waals surface area (Å²) in [5.41, 5.74) is 0.315. The van der Waals surface area contributed by atoms with Gasteiger partial charge in [-0.15, -0.1) is 0 Å². The molecule has 20 heavy (non-hydrogen) atoms. The summed E-state index contributed by atoms with van der Waals surface area (Å²) in [5.74, 6) is -3.12. The Balaban J connectivity index is 1.94. The molecular weight excluding hydrogens is 265 g/mol. The maximum atomic E-state index is 14.1. The van der Waals surface area contributed by atoms with Gasteiger partial charge < -0.3 is 5.32 Å². The maximum absolute atomic E-state index is 14.1. The average molecular weight is 284 g/mol. The van der Waals surface area contributed by atoms with E-state index in [-0.39, 0.29) is 6.04 Å². The first-order valence-electron chi connectivity index (χ1n) is 7.26. The van der Waals surface area contributed by atoms with Crippen molar-refractivity contribution in [2.75, 3.05) is 26.2 Å². The molecule has 1 saturated heterocycles. The van der Waals surface area contributed by atoms with Crippen LogP contribution < -0.4 is 5.32 Å². The van der Waals surface area contributed by atoms with Gasteiger partial charge in [-0.25, -0.2) is 13.2 Å². The van der Waals surface area contributed by atoms with Crippen molar-refractivity contribution in [1.29, 1.82) is 0 Å². The summed E-state index contributed by atoms with van der Waals surface area (Å²) in [4.78, 5) is 2.20. The highest BCUT2D eigenvalue weighted by molar-refractivity contribution is 5.25. The summed E-state index contributed by atoms with van der Waals surface area (Å²) in [7, 11) is 0. The lowest BCUT2D eigenvalue weighted by Gasteiger charge is -2.43. The first-order valence-corrected chi connectivity index (χ1v) is 7.26. The Morgan fingerprint density at radius 1 is 1.05 bits per heavy atom. The molecule has 0 unspecified atom stereocenters. The predicted molar refractivity (Wildman–Crippen MR) is 70.8 cm³/mol. The van der Waals surface area contributed by atoms with Crippen molar-refractivity contribution in [1.82, 2.24) is 10.2 Å². The van der Waals surface area contributed by atoms with Crippen molar-refractivity contribution in [3.63, 3.8) is 0 Å². The van der Waals surface area contributed by atoms with Crippen molar-refractivity contribution < 1.29 is 13.2 Å². The summed E-state index contributed by atoms with van der Waals surface area (Å²) in [6, 6.07) is 2.33. The fraction of sp³-hybridized carbons (Fsp3) is 0.600. The van der Waals surface area contributed by atoms with E-state index < -0.39 is 17.5 Å². The van der Waals surface area contributed by atoms with Gasteiger partial charge in [-0.05, 0) is 24.8 Å². The second-order valence-corrected chi connectivity index (χ2v) is 5.69. The van der Waals surface area contributed by atoms with Crippen LogP contribution in [-0.2, 0) is 0 Å². The summed E-state index contributed by atoms with van der Waals surface area (Å²) in [6.07, 6.45) is 3.21. The second kappa shape index (κ2) is 5.74. The van der Waals surface area contributed by atoms with Gasteiger partial charge in [-0.1, -0.05) is 12.5 Å². The zero-order valence-corrected chi connectivity index (χ0v) is 11.3. The topological polar surface area (TPSA) is 15.3 Å². The van der Waals surface area contributed by atoms with Crippen LogP contribution in [0.4, 0.5) is 13.2 Å². The molecule has 1 aliphatic carbocycles. The average Bonchev–Trinajstić information content (AvgIpc) is 2.42. The van der Waals surface area contributed by atoms with Crippen molar-refractivity contribution in [2.45, 2.75) is 25.3 Å². The molecule has 1 atom stereocenters. The SMILES string of the molecule is Fc1ccc([C@@H](C2CCC2)N2CCNCC2)c(F)c1F. The minimum atomic E-state index is -1.35. The molecule has 0 bridgehead atoms. The minimum Gasteiger partial charge on any atom is -0.314 e. The number of nitrogens with one attached hydrogen (secondary N) is 1. The summed E-state index contributed by atoms with van der Waals surface area (Å²) >= 11 is 0. The quantitative estimate of drug-likeness (QED) is 0.859. The van der Waals surface area contributed by atoms with E-state index >= 15 is 0 Å². The van der Waals surface area contributed by atoms with E-state index in [1.807, 2.05) is 0 Å². The van der Waals surface area contributed by atoms with Crippen LogP contribution in [0.15, 0.2) is 12.1 Å². The van der Waals surface area contributed by atoms with Crippen LogP contribution in [0.2, 0.25) is 0 Å². The van der Waals surface area contributed by atoms with E-state index in [4.69, 9.17) is 0 Å². The van der Waals surface area contributed by atoms with Crippen LogP contribution in [0.25, 0.3) is 0 Å². The van der Waals surface area contributed by atoms with Gasteiger partial charge in [0.2, 0.25) is 0 Å². The number of nitrogens with zero attached hydrogens (tertiary/aromatic N) is 1. The Kier molecular flexibility index (Phi) is 3.98. The molecule has 0 spiro atoms. The molecule has 3 rings (SSSR count). The van der Waals surface area contributed by atoms with Crippen LogP contribution in [0.5, 0.6) is 0 Å². The van der Waals surface area contributed by atoms with Gasteiger partial charge in [0.05, 0.1) is 0 Å². The second-order valence-electron chi connectivity index (χ2n) is 5.69. The van der Waals surface area contributed by atoms with Crippen LogP contribution in [0.1, 0.15) is 30.9 Å². The van der Waals surface area contributed by atoms with Crippen LogP contribution in [0.3, 0.4) is 0 Å². The van der Waals surface area contributed by atoms with E-state index in [2.05, 4.69) is 10.2 Å². The van der Waals surface area contributed by atoms with Crippen molar-refractivity contribution >= 4 is 0 Å². The molecule has 2 fully saturated rings. The van der Waals surface area contributed by atoms with Gasteiger partial charge >= 0.3 is 0 Å². The first kappa shape index (κ1) is 13.9. The number of benzene rings is 1. The number of hydrogen-bond donors (Lipinski definition) is 1. The van der Waals surface area contributed by atoms with Crippen LogP contribution in [0, 0.1) is 23.4 Å². The highest BCUT2D eigenvalue weighted by Crippen LogP contribution is 2.42. The fourth-order valence-corrected chi connectivity index (χ4v) is 3.23. The van der Waals surface area contributed by atoms with Gasteiger partial charge in [0, 0.05) is 37.8 Å². The van der Waals surface area contributed by atoms with Gasteiger partial charge in [0.1, 0.15) is 0 Å². The van der Waals surface area contributed by atoms with Crippen molar-refractivity contribution in [3.05, 3.63) is 35.1 Å². The molecule has 1 aromatic carbocycles. The molecule has 1 N–H and O–H groups in total. The minimum absolute atomic E-state index is 0.124. The third-order valence-corrected chi connectivity index (χ3v) is 4.53. The molecule has 1 heterocycles. The van der Waals surface area contributed by atoms with Gasteiger partial charge in [-0.3, -0.25) is 4.90 Å². The Morgan fingerprint density at radius 2 is 1.75 bits per heavy atom. The number of hydrogen-bond acceptors (Lipinski definition) is 2. The lowest BCUT2D eigenvalue weighted by molar-refractivity contribution is 0.0805. The normalized spacial score (nSPS) is 22.6.